The second-order valence-corrected chi connectivity index (χ2v) is 7.62. The number of nitrogens with one attached hydrogen (secondary N) is 2. The molecule has 3 heterocycles. The van der Waals surface area contributed by atoms with Gasteiger partial charge in [-0.05, 0) is 42.5 Å². The van der Waals surface area contributed by atoms with E-state index in [4.69, 9.17) is 5.73 Å². The molecule has 4 rings (SSSR count). The van der Waals surface area contributed by atoms with Crippen molar-refractivity contribution in [3.8, 4) is 0 Å². The number of aromatic amines is 1. The number of benzene rings is 1. The van der Waals surface area contributed by atoms with Gasteiger partial charge >= 0.3 is 11.8 Å². The van der Waals surface area contributed by atoms with Gasteiger partial charge in [0.25, 0.3) is 0 Å². The third kappa shape index (κ3) is 3.86. The minimum Gasteiger partial charge on any atom is -0.366 e. The molecule has 0 aliphatic carbocycles. The Morgan fingerprint density at radius 3 is 2.83 bits per heavy atom. The quantitative estimate of drug-likeness (QED) is 0.572. The van der Waals surface area contributed by atoms with E-state index in [0.29, 0.717) is 6.54 Å². The fourth-order valence-corrected chi connectivity index (χ4v) is 3.84. The first kappa shape index (κ1) is 19.6. The summed E-state index contributed by atoms with van der Waals surface area (Å²) >= 11 is 0. The van der Waals surface area contributed by atoms with E-state index in [9.17, 15) is 14.4 Å². The van der Waals surface area contributed by atoms with E-state index in [1.807, 2.05) is 18.2 Å². The molecule has 3 amide bonds. The average molecular weight is 406 g/mol. The highest BCUT2D eigenvalue weighted by Crippen LogP contribution is 2.34. The molecule has 0 spiro atoms. The third-order valence-corrected chi connectivity index (χ3v) is 5.38. The van der Waals surface area contributed by atoms with Crippen LogP contribution in [0, 0.1) is 5.92 Å². The summed E-state index contributed by atoms with van der Waals surface area (Å²) in [5.74, 6) is -1.79. The Balaban J connectivity index is 1.56. The molecular weight excluding hydrogens is 384 g/mol. The van der Waals surface area contributed by atoms with Crippen molar-refractivity contribution in [3.63, 3.8) is 0 Å². The van der Waals surface area contributed by atoms with Gasteiger partial charge in [-0.25, -0.2) is 4.98 Å². The molecular formula is C21H22N6O3. The highest BCUT2D eigenvalue weighted by atomic mass is 16.2. The smallest absolute Gasteiger partial charge is 0.313 e. The number of hydrogen-bond donors (Lipinski definition) is 3. The largest absolute Gasteiger partial charge is 0.366 e. The molecule has 9 heteroatoms. The van der Waals surface area contributed by atoms with Crippen LogP contribution in [-0.2, 0) is 9.59 Å². The number of H-pyrrole nitrogens is 1. The van der Waals surface area contributed by atoms with Gasteiger partial charge in [0.2, 0.25) is 5.91 Å². The zero-order valence-electron chi connectivity index (χ0n) is 16.5. The summed E-state index contributed by atoms with van der Waals surface area (Å²) in [6.45, 7) is 2.54. The van der Waals surface area contributed by atoms with Crippen LogP contribution in [0.1, 0.15) is 41.7 Å². The Labute approximate surface area is 172 Å². The highest BCUT2D eigenvalue weighted by molar-refractivity contribution is 6.39. The van der Waals surface area contributed by atoms with Crippen LogP contribution in [0.5, 0.6) is 0 Å². The van der Waals surface area contributed by atoms with Crippen molar-refractivity contribution in [2.45, 2.75) is 25.8 Å². The lowest BCUT2D eigenvalue weighted by Crippen LogP contribution is -2.46. The monoisotopic (exact) mass is 406 g/mol. The third-order valence-electron chi connectivity index (χ3n) is 5.38. The Morgan fingerprint density at radius 1 is 1.20 bits per heavy atom. The predicted molar refractivity (Wildman–Crippen MR) is 110 cm³/mol. The van der Waals surface area contributed by atoms with Gasteiger partial charge in [0, 0.05) is 12.7 Å². The van der Waals surface area contributed by atoms with Crippen LogP contribution in [-0.4, -0.2) is 44.1 Å². The number of carbonyl (C=O) groups excluding carboxylic acids is 3. The van der Waals surface area contributed by atoms with Crippen LogP contribution < -0.4 is 11.1 Å². The second-order valence-electron chi connectivity index (χ2n) is 7.62. The topological polar surface area (TPSA) is 134 Å². The van der Waals surface area contributed by atoms with Crippen molar-refractivity contribution in [1.82, 2.24) is 19.9 Å². The molecule has 2 aromatic heterocycles. The summed E-state index contributed by atoms with van der Waals surface area (Å²) in [6, 6.07) is 7.02. The minimum atomic E-state index is -0.779. The number of fused-ring (bicyclic) bond motifs is 1. The molecule has 30 heavy (non-hydrogen) atoms. The van der Waals surface area contributed by atoms with Crippen LogP contribution in [0.4, 0.5) is 5.69 Å². The molecule has 1 aliphatic rings. The lowest BCUT2D eigenvalue weighted by atomic mass is 9.89. The van der Waals surface area contributed by atoms with E-state index in [2.05, 4.69) is 27.2 Å². The lowest BCUT2D eigenvalue weighted by molar-refractivity contribution is -0.146. The number of likely N-dealkylation sites (tertiary alicyclic amines) is 1. The standard InChI is InChI=1S/C21H22N6O3/c1-12-2-5-18(13-3-4-16-17(7-13)25-11-24-16)27(10-12)21(30)20(29)26-15-6-14(19(22)28)8-23-9-15/h3-4,6-9,11-12,18H,2,5,10H2,1H3,(H2,22,28)(H,24,25)(H,26,29)/t12-,18+/m0/s1. The number of nitrogens with zero attached hydrogens (tertiary/aromatic N) is 3. The fraction of sp³-hybridized carbons (Fsp3) is 0.286. The van der Waals surface area contributed by atoms with Crippen molar-refractivity contribution in [2.24, 2.45) is 11.7 Å². The first-order valence-corrected chi connectivity index (χ1v) is 9.72. The Bertz CT molecular complexity index is 1120. The second kappa shape index (κ2) is 7.94. The maximum atomic E-state index is 13.0. The molecule has 1 saturated heterocycles. The first-order chi connectivity index (χ1) is 14.4. The molecule has 154 valence electrons. The number of aromatic nitrogens is 3. The molecule has 0 radical (unpaired) electrons. The molecule has 1 fully saturated rings. The van der Waals surface area contributed by atoms with Crippen LogP contribution in [0.2, 0.25) is 0 Å². The molecule has 0 unspecified atom stereocenters. The van der Waals surface area contributed by atoms with Gasteiger partial charge in [-0.2, -0.15) is 0 Å². The van der Waals surface area contributed by atoms with E-state index in [0.717, 1.165) is 29.4 Å². The molecule has 1 aliphatic heterocycles. The Kier molecular flexibility index (Phi) is 5.18. The molecule has 1 aromatic carbocycles. The minimum absolute atomic E-state index is 0.150. The van der Waals surface area contributed by atoms with Crippen molar-refractivity contribution < 1.29 is 14.4 Å². The zero-order valence-corrected chi connectivity index (χ0v) is 16.5. The van der Waals surface area contributed by atoms with E-state index in [1.165, 1.54) is 18.5 Å². The van der Waals surface area contributed by atoms with Crippen molar-refractivity contribution >= 4 is 34.4 Å². The number of hydrogen-bond acceptors (Lipinski definition) is 5. The summed E-state index contributed by atoms with van der Waals surface area (Å²) in [7, 11) is 0. The number of pyridine rings is 1. The Morgan fingerprint density at radius 2 is 2.03 bits per heavy atom. The molecule has 2 atom stereocenters. The van der Waals surface area contributed by atoms with Crippen LogP contribution in [0.15, 0.2) is 43.0 Å². The number of amides is 3. The van der Waals surface area contributed by atoms with Crippen LogP contribution >= 0.6 is 0 Å². The predicted octanol–water partition coefficient (Wildman–Crippen LogP) is 2.00. The van der Waals surface area contributed by atoms with E-state index in [1.54, 1.807) is 11.2 Å². The number of anilines is 1. The maximum Gasteiger partial charge on any atom is 0.313 e. The van der Waals surface area contributed by atoms with Crippen LogP contribution in [0.25, 0.3) is 11.0 Å². The number of nitrogens with two attached hydrogens (primary N) is 1. The molecule has 0 saturated carbocycles. The number of carbonyl (C=O) groups is 3. The summed E-state index contributed by atoms with van der Waals surface area (Å²) in [4.78, 5) is 49.9. The van der Waals surface area contributed by atoms with E-state index in [-0.39, 0.29) is 23.2 Å². The van der Waals surface area contributed by atoms with Gasteiger partial charge in [0.15, 0.2) is 0 Å². The van der Waals surface area contributed by atoms with Crippen molar-refractivity contribution in [1.29, 1.82) is 0 Å². The molecule has 0 bridgehead atoms. The fourth-order valence-electron chi connectivity index (χ4n) is 3.84. The van der Waals surface area contributed by atoms with Crippen molar-refractivity contribution in [2.75, 3.05) is 11.9 Å². The van der Waals surface area contributed by atoms with E-state index >= 15 is 0 Å². The van der Waals surface area contributed by atoms with Gasteiger partial charge in [0.1, 0.15) is 0 Å². The highest BCUT2D eigenvalue weighted by Gasteiger charge is 2.34. The Hall–Kier alpha value is -3.75. The van der Waals surface area contributed by atoms with Crippen LogP contribution in [0.3, 0.4) is 0 Å². The van der Waals surface area contributed by atoms with Gasteiger partial charge in [-0.3, -0.25) is 19.4 Å². The number of imidazole rings is 1. The zero-order chi connectivity index (χ0) is 21.3. The average Bonchev–Trinajstić information content (AvgIpc) is 3.21. The van der Waals surface area contributed by atoms with Gasteiger partial charge in [-0.15, -0.1) is 0 Å². The lowest BCUT2D eigenvalue weighted by Gasteiger charge is -2.38. The number of rotatable bonds is 3. The summed E-state index contributed by atoms with van der Waals surface area (Å²) < 4.78 is 0. The molecule has 3 aromatic rings. The normalized spacial score (nSPS) is 18.9. The molecule has 9 nitrogen and oxygen atoms in total. The van der Waals surface area contributed by atoms with E-state index < -0.39 is 17.7 Å². The van der Waals surface area contributed by atoms with Gasteiger partial charge in [-0.1, -0.05) is 13.0 Å². The van der Waals surface area contributed by atoms with Crippen molar-refractivity contribution in [3.05, 3.63) is 54.1 Å². The summed E-state index contributed by atoms with van der Waals surface area (Å²) in [6.07, 6.45) is 6.00. The number of piperidine rings is 1. The number of primary amides is 1. The summed E-state index contributed by atoms with van der Waals surface area (Å²) in [5.41, 5.74) is 8.31. The van der Waals surface area contributed by atoms with Gasteiger partial charge < -0.3 is 20.9 Å². The van der Waals surface area contributed by atoms with Gasteiger partial charge in [0.05, 0.1) is 40.9 Å². The SMILES string of the molecule is C[C@H]1CC[C@H](c2ccc3[nH]cnc3c2)N(C(=O)C(=O)Nc2cncc(C(N)=O)c2)C1. The maximum absolute atomic E-state index is 13.0. The summed E-state index contributed by atoms with van der Waals surface area (Å²) in [5, 5.41) is 2.53. The first-order valence-electron chi connectivity index (χ1n) is 9.72. The molecule has 4 N–H and O–H groups in total.